The van der Waals surface area contributed by atoms with Gasteiger partial charge in [0.25, 0.3) is 0 Å². The summed E-state index contributed by atoms with van der Waals surface area (Å²) in [5.41, 5.74) is -0.949. The lowest BCUT2D eigenvalue weighted by Crippen LogP contribution is -2.52. The van der Waals surface area contributed by atoms with Crippen molar-refractivity contribution >= 4 is 38.8 Å². The largest absolute Gasteiger partial charge is 0.466 e. The van der Waals surface area contributed by atoms with Crippen LogP contribution in [0, 0.1) is 0 Å². The predicted octanol–water partition coefficient (Wildman–Crippen LogP) is 3.62. The Morgan fingerprint density at radius 2 is 1.31 bits per heavy atom. The van der Waals surface area contributed by atoms with E-state index in [2.05, 4.69) is 4.74 Å². The highest BCUT2D eigenvalue weighted by Gasteiger charge is 2.66. The summed E-state index contributed by atoms with van der Waals surface area (Å²) in [5, 5.41) is 0. The number of rotatable bonds is 11. The van der Waals surface area contributed by atoms with Gasteiger partial charge in [-0.05, 0) is 46.2 Å². The Morgan fingerprint density at radius 1 is 0.906 bits per heavy atom. The number of halogens is 6. The van der Waals surface area contributed by atoms with E-state index in [1.807, 2.05) is 39.3 Å². The Bertz CT molecular complexity index is 674. The molecule has 0 rings (SSSR count). The maximum Gasteiger partial charge on any atom is 0.466 e. The second kappa shape index (κ2) is 10.8. The third-order valence-electron chi connectivity index (χ3n) is 3.29. The average Bonchev–Trinajstić information content (AvgIpc) is 2.46. The molecule has 0 aliphatic carbocycles. The minimum absolute atomic E-state index is 0.0720. The molecule has 0 aliphatic heterocycles. The fourth-order valence-corrected chi connectivity index (χ4v) is 9.92. The molecule has 0 radical (unpaired) electrons. The Labute approximate surface area is 188 Å². The molecule has 188 valence electrons. The Kier molecular flexibility index (Phi) is 10.4. The van der Waals surface area contributed by atoms with Crippen LogP contribution < -0.4 is 0 Å². The van der Waals surface area contributed by atoms with Gasteiger partial charge >= 0.3 is 30.4 Å². The zero-order valence-corrected chi connectivity index (χ0v) is 23.2. The monoisotopic (exact) mass is 528 g/mol. The van der Waals surface area contributed by atoms with E-state index >= 15 is 0 Å². The van der Waals surface area contributed by atoms with E-state index in [1.165, 1.54) is 6.92 Å². The van der Waals surface area contributed by atoms with Gasteiger partial charge in [-0.2, -0.15) is 17.6 Å². The highest BCUT2D eigenvalue weighted by molar-refractivity contribution is 6.71. The van der Waals surface area contributed by atoms with Crippen molar-refractivity contribution in [2.75, 3.05) is 0 Å². The van der Waals surface area contributed by atoms with Crippen molar-refractivity contribution in [2.45, 2.75) is 82.6 Å². The number of esters is 2. The number of carbonyl (C=O) groups excluding carboxylic acids is 2. The third kappa shape index (κ3) is 11.1. The maximum atomic E-state index is 13.4. The molecule has 0 N–H and O–H groups in total. The molecule has 0 saturated carbocycles. The van der Waals surface area contributed by atoms with Gasteiger partial charge in [-0.15, -0.1) is 0 Å². The molecule has 2 unspecified atom stereocenters. The van der Waals surface area contributed by atoms with Crippen LogP contribution >= 0.6 is 0 Å². The highest BCUT2D eigenvalue weighted by atomic mass is 28.4. The molecule has 0 aromatic carbocycles. The zero-order valence-electron chi connectivity index (χ0n) is 19.2. The maximum absolute atomic E-state index is 13.4. The van der Waals surface area contributed by atoms with Crippen molar-refractivity contribution in [1.29, 1.82) is 0 Å². The molecule has 0 bridgehead atoms. The van der Waals surface area contributed by atoms with E-state index < -0.39 is 58.5 Å². The Balaban J connectivity index is 5.17. The summed E-state index contributed by atoms with van der Waals surface area (Å²) in [7, 11) is -3.66. The van der Waals surface area contributed by atoms with Crippen LogP contribution in [0.1, 0.15) is 13.3 Å². The molecule has 0 aromatic rings. The number of alkyl halides is 6. The molecule has 15 heteroatoms. The van der Waals surface area contributed by atoms with Gasteiger partial charge in [-0.3, -0.25) is 0 Å². The molecule has 32 heavy (non-hydrogen) atoms. The highest BCUT2D eigenvalue weighted by Crippen LogP contribution is 2.40. The average molecular weight is 529 g/mol. The molecule has 6 nitrogen and oxygen atoms in total. The fraction of sp³-hybridized carbons (Fsp3) is 0.765. The normalized spacial score (nSPS) is 16.8. The second-order valence-electron chi connectivity index (χ2n) is 9.21. The van der Waals surface area contributed by atoms with E-state index in [0.717, 1.165) is 0 Å². The van der Waals surface area contributed by atoms with E-state index in [1.54, 1.807) is 0 Å². The summed E-state index contributed by atoms with van der Waals surface area (Å²) in [6.07, 6.45) is -11.0. The van der Waals surface area contributed by atoms with Crippen LogP contribution in [0.2, 0.25) is 39.3 Å². The minimum Gasteiger partial charge on any atom is -0.459 e. The minimum atomic E-state index is -6.17. The molecule has 0 fully saturated rings. The van der Waals surface area contributed by atoms with Crippen LogP contribution in [-0.2, 0) is 27.9 Å². The third-order valence-corrected chi connectivity index (χ3v) is 7.01. The second-order valence-corrected chi connectivity index (χ2v) is 19.6. The topological polar surface area (TPSA) is 71.1 Å². The van der Waals surface area contributed by atoms with Gasteiger partial charge in [-0.1, -0.05) is 0 Å². The van der Waals surface area contributed by atoms with Crippen LogP contribution in [0.25, 0.3) is 0 Å². The molecule has 0 heterocycles. The Hall–Kier alpha value is -1.17. The number of hydrogen-bond acceptors (Lipinski definition) is 6. The van der Waals surface area contributed by atoms with Crippen LogP contribution in [0.15, 0.2) is 12.2 Å². The fourth-order valence-electron chi connectivity index (χ4n) is 2.74. The van der Waals surface area contributed by atoms with E-state index in [9.17, 15) is 35.9 Å². The van der Waals surface area contributed by atoms with Crippen molar-refractivity contribution in [3.8, 4) is 0 Å². The van der Waals surface area contributed by atoms with Gasteiger partial charge in [0.1, 0.15) is 11.5 Å². The number of hydrogen-bond donors (Lipinski definition) is 0. The van der Waals surface area contributed by atoms with E-state index in [-0.39, 0.29) is 12.5 Å². The lowest BCUT2D eigenvalue weighted by molar-refractivity contribution is -0.354. The van der Waals surface area contributed by atoms with E-state index in [4.69, 9.17) is 13.6 Å². The van der Waals surface area contributed by atoms with Crippen molar-refractivity contribution in [3.05, 3.63) is 12.2 Å². The molecule has 0 amide bonds. The Morgan fingerprint density at radius 3 is 1.66 bits per heavy atom. The first-order valence-electron chi connectivity index (χ1n) is 9.55. The lowest BCUT2D eigenvalue weighted by Gasteiger charge is -2.42. The van der Waals surface area contributed by atoms with Gasteiger partial charge in [0, 0.05) is 18.6 Å². The number of carbonyl (C=O) groups is 2. The lowest BCUT2D eigenvalue weighted by atomic mass is 10.2. The van der Waals surface area contributed by atoms with Gasteiger partial charge < -0.3 is 18.3 Å². The predicted molar refractivity (Wildman–Crippen MR) is 113 cm³/mol. The summed E-state index contributed by atoms with van der Waals surface area (Å²) >= 11 is 0. The first kappa shape index (κ1) is 30.8. The molecule has 0 spiro atoms. The molecule has 0 aromatic heterocycles. The van der Waals surface area contributed by atoms with Crippen molar-refractivity contribution in [2.24, 2.45) is 0 Å². The van der Waals surface area contributed by atoms with Crippen LogP contribution in [0.5, 0.6) is 0 Å². The standard InChI is InChI=1S/C17H30F6O6Si3/c1-11(10-15(30,28-31(2,3)4)29-32(5,6)7)26-12(24)8-9-13(25)27-16(20,14(18)19)17(21,22)23/h8-9,11,14H,10H2,1-7,30H3. The molecular formula is C17H30F6O6Si3. The van der Waals surface area contributed by atoms with Gasteiger partial charge in [0.2, 0.25) is 0 Å². The summed E-state index contributed by atoms with van der Waals surface area (Å²) in [6.45, 7) is 13.3. The smallest absolute Gasteiger partial charge is 0.459 e. The van der Waals surface area contributed by atoms with Crippen LogP contribution in [0.4, 0.5) is 26.3 Å². The van der Waals surface area contributed by atoms with Crippen molar-refractivity contribution in [3.63, 3.8) is 0 Å². The SMILES string of the molecule is CC(CC([SiH3])(O[Si](C)(C)C)O[Si](C)(C)C)OC(=O)C=CC(=O)OC(F)(C(F)F)C(F)(F)F. The molecule has 0 aliphatic rings. The van der Waals surface area contributed by atoms with Crippen molar-refractivity contribution < 1.29 is 54.3 Å². The molecule has 0 saturated heterocycles. The van der Waals surface area contributed by atoms with Crippen LogP contribution in [-0.4, -0.2) is 68.8 Å². The summed E-state index contributed by atoms with van der Waals surface area (Å²) in [5.74, 6) is -8.80. The van der Waals surface area contributed by atoms with Crippen LogP contribution in [0.3, 0.4) is 0 Å². The van der Waals surface area contributed by atoms with E-state index in [0.29, 0.717) is 16.3 Å². The first-order chi connectivity index (χ1) is 14.0. The van der Waals surface area contributed by atoms with Crippen molar-refractivity contribution in [1.82, 2.24) is 0 Å². The molecular weight excluding hydrogens is 498 g/mol. The molecule has 2 atom stereocenters. The summed E-state index contributed by atoms with van der Waals surface area (Å²) < 4.78 is 96.0. The van der Waals surface area contributed by atoms with Gasteiger partial charge in [0.15, 0.2) is 16.6 Å². The summed E-state index contributed by atoms with van der Waals surface area (Å²) in [6, 6.07) is 0. The van der Waals surface area contributed by atoms with Gasteiger partial charge in [-0.25, -0.2) is 18.4 Å². The number of ether oxygens (including phenoxy) is 2. The van der Waals surface area contributed by atoms with Gasteiger partial charge in [0.05, 0.1) is 10.2 Å². The first-order valence-corrected chi connectivity index (χ1v) is 17.4. The quantitative estimate of drug-likeness (QED) is 0.134. The zero-order chi connectivity index (χ0) is 25.8. The summed E-state index contributed by atoms with van der Waals surface area (Å²) in [4.78, 5) is 23.2.